The van der Waals surface area contributed by atoms with Crippen molar-refractivity contribution >= 4 is 0 Å². The van der Waals surface area contributed by atoms with Crippen LogP contribution in [0.5, 0.6) is 0 Å². The third kappa shape index (κ3) is 3.75. The van der Waals surface area contributed by atoms with E-state index in [-0.39, 0.29) is 0 Å². The van der Waals surface area contributed by atoms with E-state index in [1.54, 1.807) is 0 Å². The van der Waals surface area contributed by atoms with E-state index in [2.05, 4.69) is 30.9 Å². The van der Waals surface area contributed by atoms with Gasteiger partial charge in [-0.05, 0) is 117 Å². The van der Waals surface area contributed by atoms with Gasteiger partial charge in [-0.1, -0.05) is 18.2 Å². The first-order valence-electron chi connectivity index (χ1n) is 10.9. The summed E-state index contributed by atoms with van der Waals surface area (Å²) in [5.74, 6) is 5.47. The van der Waals surface area contributed by atoms with Crippen molar-refractivity contribution in [2.45, 2.75) is 70.1 Å². The van der Waals surface area contributed by atoms with E-state index in [0.717, 1.165) is 41.1 Å². The fourth-order valence-electron chi connectivity index (χ4n) is 6.34. The first kappa shape index (κ1) is 17.8. The van der Waals surface area contributed by atoms with Crippen LogP contribution >= 0.6 is 0 Å². The molecule has 0 heterocycles. The van der Waals surface area contributed by atoms with Gasteiger partial charge in [-0.3, -0.25) is 0 Å². The Labute approximate surface area is 159 Å². The first-order valence-corrected chi connectivity index (χ1v) is 10.9. The van der Waals surface area contributed by atoms with E-state index in [1.165, 1.54) is 69.8 Å². The Morgan fingerprint density at radius 1 is 0.769 bits per heavy atom. The fourth-order valence-corrected chi connectivity index (χ4v) is 6.34. The Bertz CT molecular complexity index is 644. The number of hydrogen-bond acceptors (Lipinski definition) is 1. The zero-order chi connectivity index (χ0) is 17.9. The SMILES string of the molecule is C=CC1CCC(C2CCC3CC(c4ccc(C#N)cc4)CCC3C2)CC1. The Hall–Kier alpha value is -1.55. The molecule has 0 radical (unpaired) electrons. The van der Waals surface area contributed by atoms with E-state index < -0.39 is 0 Å². The Morgan fingerprint density at radius 3 is 2.00 bits per heavy atom. The van der Waals surface area contributed by atoms with E-state index in [9.17, 15) is 0 Å². The molecule has 1 nitrogen and oxygen atoms in total. The number of fused-ring (bicyclic) bond motifs is 1. The zero-order valence-corrected chi connectivity index (χ0v) is 16.1. The van der Waals surface area contributed by atoms with Crippen molar-refractivity contribution in [1.29, 1.82) is 5.26 Å². The number of rotatable bonds is 3. The minimum absolute atomic E-state index is 0.726. The molecule has 1 aromatic rings. The van der Waals surface area contributed by atoms with Crippen LogP contribution in [0.15, 0.2) is 36.9 Å². The standard InChI is InChI=1S/C25H33N/c1-2-18-3-7-20(8-4-18)22-11-13-25-16-23(12-14-24(25)15-22)21-9-5-19(17-26)6-10-21/h2,5-6,9-10,18,20,22-25H,1,3-4,7-8,11-16H2. The molecule has 4 atom stereocenters. The summed E-state index contributed by atoms with van der Waals surface area (Å²) in [4.78, 5) is 0. The quantitative estimate of drug-likeness (QED) is 0.548. The van der Waals surface area contributed by atoms with Crippen molar-refractivity contribution in [2.24, 2.45) is 29.6 Å². The number of allylic oxidation sites excluding steroid dienone is 1. The molecule has 0 aliphatic heterocycles. The third-order valence-corrected chi connectivity index (χ3v) is 7.98. The summed E-state index contributed by atoms with van der Waals surface area (Å²) < 4.78 is 0. The molecule has 0 bridgehead atoms. The van der Waals surface area contributed by atoms with Gasteiger partial charge in [-0.15, -0.1) is 6.58 Å². The van der Waals surface area contributed by atoms with Crippen LogP contribution in [-0.2, 0) is 0 Å². The van der Waals surface area contributed by atoms with Crippen molar-refractivity contribution in [2.75, 3.05) is 0 Å². The molecule has 0 spiro atoms. The van der Waals surface area contributed by atoms with Crippen LogP contribution in [0, 0.1) is 40.9 Å². The second-order valence-electron chi connectivity index (χ2n) is 9.25. The van der Waals surface area contributed by atoms with Gasteiger partial charge in [0.15, 0.2) is 0 Å². The first-order chi connectivity index (χ1) is 12.8. The normalized spacial score (nSPS) is 37.3. The maximum Gasteiger partial charge on any atom is 0.0991 e. The molecule has 4 unspecified atom stereocenters. The predicted octanol–water partition coefficient (Wildman–Crippen LogP) is 6.85. The highest BCUT2D eigenvalue weighted by molar-refractivity contribution is 5.33. The molecule has 1 heteroatoms. The highest BCUT2D eigenvalue weighted by Crippen LogP contribution is 2.50. The summed E-state index contributed by atoms with van der Waals surface area (Å²) in [6, 6.07) is 10.6. The van der Waals surface area contributed by atoms with E-state index in [0.29, 0.717) is 0 Å². The number of nitrogens with zero attached hydrogens (tertiary/aromatic N) is 1. The van der Waals surface area contributed by atoms with Crippen LogP contribution in [0.25, 0.3) is 0 Å². The molecule has 138 valence electrons. The number of benzene rings is 1. The highest BCUT2D eigenvalue weighted by Gasteiger charge is 2.38. The third-order valence-electron chi connectivity index (χ3n) is 7.98. The minimum atomic E-state index is 0.726. The monoisotopic (exact) mass is 347 g/mol. The van der Waals surface area contributed by atoms with Gasteiger partial charge in [0.1, 0.15) is 0 Å². The van der Waals surface area contributed by atoms with E-state index in [1.807, 2.05) is 12.1 Å². The summed E-state index contributed by atoms with van der Waals surface area (Å²) in [5, 5.41) is 9.00. The Kier molecular flexibility index (Phi) is 5.49. The van der Waals surface area contributed by atoms with Crippen LogP contribution in [0.1, 0.15) is 81.3 Å². The molecule has 3 aliphatic carbocycles. The molecule has 0 saturated heterocycles. The van der Waals surface area contributed by atoms with Crippen LogP contribution in [0.3, 0.4) is 0 Å². The second kappa shape index (κ2) is 7.99. The van der Waals surface area contributed by atoms with Gasteiger partial charge < -0.3 is 0 Å². The van der Waals surface area contributed by atoms with Crippen molar-refractivity contribution < 1.29 is 0 Å². The summed E-state index contributed by atoms with van der Waals surface area (Å²) in [7, 11) is 0. The van der Waals surface area contributed by atoms with Gasteiger partial charge in [0.05, 0.1) is 11.6 Å². The van der Waals surface area contributed by atoms with Crippen molar-refractivity contribution in [3.63, 3.8) is 0 Å². The maximum absolute atomic E-state index is 9.00. The van der Waals surface area contributed by atoms with Gasteiger partial charge in [0.2, 0.25) is 0 Å². The van der Waals surface area contributed by atoms with Crippen molar-refractivity contribution in [1.82, 2.24) is 0 Å². The molecule has 3 saturated carbocycles. The Balaban J connectivity index is 1.32. The highest BCUT2D eigenvalue weighted by atomic mass is 14.4. The molecule has 4 rings (SSSR count). The number of nitriles is 1. The van der Waals surface area contributed by atoms with Crippen molar-refractivity contribution in [3.05, 3.63) is 48.0 Å². The van der Waals surface area contributed by atoms with Crippen LogP contribution in [0.2, 0.25) is 0 Å². The van der Waals surface area contributed by atoms with Crippen LogP contribution in [0.4, 0.5) is 0 Å². The lowest BCUT2D eigenvalue weighted by atomic mass is 9.60. The largest absolute Gasteiger partial charge is 0.192 e. The van der Waals surface area contributed by atoms with Crippen LogP contribution < -0.4 is 0 Å². The predicted molar refractivity (Wildman–Crippen MR) is 108 cm³/mol. The molecule has 3 aliphatic rings. The minimum Gasteiger partial charge on any atom is -0.192 e. The van der Waals surface area contributed by atoms with E-state index in [4.69, 9.17) is 5.26 Å². The second-order valence-corrected chi connectivity index (χ2v) is 9.25. The molecule has 0 N–H and O–H groups in total. The van der Waals surface area contributed by atoms with Gasteiger partial charge >= 0.3 is 0 Å². The zero-order valence-electron chi connectivity index (χ0n) is 16.1. The average molecular weight is 348 g/mol. The van der Waals surface area contributed by atoms with Crippen molar-refractivity contribution in [3.8, 4) is 6.07 Å². The molecule has 0 amide bonds. The molecular weight excluding hydrogens is 314 g/mol. The lowest BCUT2D eigenvalue weighted by Gasteiger charge is -2.45. The summed E-state index contributed by atoms with van der Waals surface area (Å²) in [5.41, 5.74) is 2.25. The number of hydrogen-bond donors (Lipinski definition) is 0. The molecule has 3 fully saturated rings. The van der Waals surface area contributed by atoms with Crippen LogP contribution in [-0.4, -0.2) is 0 Å². The molecule has 26 heavy (non-hydrogen) atoms. The summed E-state index contributed by atoms with van der Waals surface area (Å²) in [6.45, 7) is 4.00. The van der Waals surface area contributed by atoms with Gasteiger partial charge in [-0.25, -0.2) is 0 Å². The lowest BCUT2D eigenvalue weighted by Crippen LogP contribution is -2.34. The molecule has 0 aromatic heterocycles. The maximum atomic E-state index is 9.00. The molecular formula is C25H33N. The average Bonchev–Trinajstić information content (AvgIpc) is 2.73. The van der Waals surface area contributed by atoms with Gasteiger partial charge in [0, 0.05) is 0 Å². The molecule has 1 aromatic carbocycles. The fraction of sp³-hybridized carbons (Fsp3) is 0.640. The van der Waals surface area contributed by atoms with Gasteiger partial charge in [-0.2, -0.15) is 5.26 Å². The Morgan fingerprint density at radius 2 is 1.35 bits per heavy atom. The van der Waals surface area contributed by atoms with Gasteiger partial charge in [0.25, 0.3) is 0 Å². The lowest BCUT2D eigenvalue weighted by molar-refractivity contribution is 0.0748. The smallest absolute Gasteiger partial charge is 0.0991 e. The topological polar surface area (TPSA) is 23.8 Å². The summed E-state index contributed by atoms with van der Waals surface area (Å²) in [6.07, 6.45) is 16.5. The summed E-state index contributed by atoms with van der Waals surface area (Å²) >= 11 is 0. The van der Waals surface area contributed by atoms with E-state index >= 15 is 0 Å².